The first-order valence-corrected chi connectivity index (χ1v) is 24.5. The van der Waals surface area contributed by atoms with Crippen LogP contribution >= 0.6 is 0 Å². The van der Waals surface area contributed by atoms with E-state index in [1.807, 2.05) is 72.8 Å². The smallest absolute Gasteiger partial charge is 0.333 e. The van der Waals surface area contributed by atoms with Crippen LogP contribution in [0.15, 0.2) is 97.1 Å². The molecule has 4 aromatic rings. The van der Waals surface area contributed by atoms with Crippen LogP contribution in [0.1, 0.15) is 103 Å². The number of hydrogen-bond donors (Lipinski definition) is 6. The van der Waals surface area contributed by atoms with Gasteiger partial charge in [0.15, 0.2) is 12.2 Å². The molecule has 72 heavy (non-hydrogen) atoms. The predicted octanol–water partition coefficient (Wildman–Crippen LogP) is 9.51. The van der Waals surface area contributed by atoms with E-state index in [-0.39, 0.29) is 12.1 Å². The van der Waals surface area contributed by atoms with Gasteiger partial charge >= 0.3 is 35.9 Å². The third-order valence-electron chi connectivity index (χ3n) is 10.9. The average Bonchev–Trinajstić information content (AvgIpc) is 3.37. The maximum Gasteiger partial charge on any atom is 0.333 e. The second-order valence-electron chi connectivity index (χ2n) is 16.5. The van der Waals surface area contributed by atoms with Crippen LogP contribution in [0, 0.1) is 0 Å². The van der Waals surface area contributed by atoms with Crippen molar-refractivity contribution in [2.45, 2.75) is 117 Å². The zero-order valence-corrected chi connectivity index (χ0v) is 42.5. The van der Waals surface area contributed by atoms with Crippen molar-refractivity contribution < 1.29 is 58.7 Å². The number of pyridine rings is 2. The van der Waals surface area contributed by atoms with Gasteiger partial charge in [-0.1, -0.05) is 126 Å². The van der Waals surface area contributed by atoms with Gasteiger partial charge in [0.25, 0.3) is 0 Å². The molecule has 0 unspecified atom stereocenters. The number of carbonyl (C=O) groups excluding carboxylic acids is 2. The summed E-state index contributed by atoms with van der Waals surface area (Å²) in [4.78, 5) is 78.9. The highest BCUT2D eigenvalue weighted by Gasteiger charge is 2.20. The van der Waals surface area contributed by atoms with E-state index in [0.29, 0.717) is 62.9 Å². The molecule has 0 saturated heterocycles. The van der Waals surface area contributed by atoms with Crippen LogP contribution in [0.5, 0.6) is 0 Å². The number of amides is 4. The molecule has 2 heterocycles. The molecule has 0 aliphatic heterocycles. The monoisotopic (exact) mass is 999 g/mol. The number of hydrogen-bond acceptors (Lipinski definition) is 10. The maximum absolute atomic E-state index is 12.5. The second-order valence-corrected chi connectivity index (χ2v) is 16.5. The molecular formula is C54H74N6O12. The summed E-state index contributed by atoms with van der Waals surface area (Å²) in [6.45, 7) is 9.95. The lowest BCUT2D eigenvalue weighted by Gasteiger charge is -2.18. The fourth-order valence-electron chi connectivity index (χ4n) is 6.87. The van der Waals surface area contributed by atoms with Gasteiger partial charge in [-0.05, 0) is 62.1 Å². The van der Waals surface area contributed by atoms with Gasteiger partial charge in [0.05, 0.1) is 11.4 Å². The van der Waals surface area contributed by atoms with E-state index >= 15 is 0 Å². The lowest BCUT2D eigenvalue weighted by Crippen LogP contribution is -2.38. The lowest BCUT2D eigenvalue weighted by atomic mass is 10.0. The first-order valence-electron chi connectivity index (χ1n) is 24.5. The van der Waals surface area contributed by atoms with Crippen molar-refractivity contribution in [2.24, 2.45) is 0 Å². The van der Waals surface area contributed by atoms with Crippen LogP contribution in [-0.2, 0) is 41.5 Å². The fraction of sp³-hybridized carbons (Fsp3) is 0.444. The van der Waals surface area contributed by atoms with E-state index in [4.69, 9.17) is 19.7 Å². The molecule has 0 aliphatic carbocycles. The van der Waals surface area contributed by atoms with Gasteiger partial charge in [-0.15, -0.1) is 0 Å². The molecule has 392 valence electrons. The van der Waals surface area contributed by atoms with Gasteiger partial charge in [0.2, 0.25) is 0 Å². The normalized spacial score (nSPS) is 11.5. The van der Waals surface area contributed by atoms with E-state index in [1.165, 1.54) is 48.3 Å². The third kappa shape index (κ3) is 24.1. The summed E-state index contributed by atoms with van der Waals surface area (Å²) in [7, 11) is 3.42. The standard InChI is InChI=1S/2C25H35N3O4.C4H4O4/c2*1-4-6-7-8-9-17-26-25(31)28(3)23-12-10-11-21(27-23)20-15-13-19(14-16-20)18-22(24(29)30)32-5-2;5-3(6)1-2-4(7)8/h2*10-16,22H,4-9,17-18H2,1-3H3,(H,26,31)(H,29,30);1-2H,(H,5,6)(H,7,8)/t2*22-;/m00./s1. The first kappa shape index (κ1) is 60.9. The average molecular weight is 999 g/mol. The summed E-state index contributed by atoms with van der Waals surface area (Å²) >= 11 is 0. The molecule has 0 radical (unpaired) electrons. The minimum absolute atomic E-state index is 0.170. The number of benzene rings is 2. The number of carbonyl (C=O) groups is 6. The van der Waals surface area contributed by atoms with Crippen LogP contribution in [0.2, 0.25) is 0 Å². The Hall–Kier alpha value is -7.18. The highest BCUT2D eigenvalue weighted by Crippen LogP contribution is 2.23. The molecule has 2 atom stereocenters. The molecule has 2 aromatic heterocycles. The number of anilines is 2. The summed E-state index contributed by atoms with van der Waals surface area (Å²) in [5, 5.41) is 40.0. The molecule has 0 fully saturated rings. The molecular weight excluding hydrogens is 925 g/mol. The zero-order chi connectivity index (χ0) is 53.3. The van der Waals surface area contributed by atoms with Gasteiger partial charge in [0, 0.05) is 76.5 Å². The molecule has 0 bridgehead atoms. The summed E-state index contributed by atoms with van der Waals surface area (Å²) in [6, 6.07) is 25.9. The number of nitrogens with one attached hydrogen (secondary N) is 2. The molecule has 4 rings (SSSR count). The molecule has 18 heteroatoms. The molecule has 2 aromatic carbocycles. The molecule has 0 aliphatic rings. The highest BCUT2D eigenvalue weighted by molar-refractivity contribution is 5.91. The Kier molecular flexibility index (Phi) is 29.6. The minimum atomic E-state index is -1.26. The number of ether oxygens (including phenoxy) is 2. The van der Waals surface area contributed by atoms with Crippen molar-refractivity contribution in [3.63, 3.8) is 0 Å². The van der Waals surface area contributed by atoms with Crippen molar-refractivity contribution in [1.29, 1.82) is 0 Å². The maximum atomic E-state index is 12.5. The lowest BCUT2D eigenvalue weighted by molar-refractivity contribution is -0.150. The predicted molar refractivity (Wildman–Crippen MR) is 278 cm³/mol. The topological polar surface area (TPSA) is 258 Å². The van der Waals surface area contributed by atoms with Gasteiger partial charge < -0.3 is 40.5 Å². The largest absolute Gasteiger partial charge is 0.479 e. The molecule has 18 nitrogen and oxygen atoms in total. The SMILES string of the molecule is CCCCCCCNC(=O)N(C)c1cccc(-c2ccc(C[C@H](OCC)C(=O)O)cc2)n1.CCCCCCCNC(=O)N(C)c1cccc(-c2ccc(C[C@H](OCC)C(=O)O)cc2)n1.O=C(O)C=CC(=O)O. The summed E-state index contributed by atoms with van der Waals surface area (Å²) < 4.78 is 10.6. The number of urea groups is 2. The third-order valence-corrected chi connectivity index (χ3v) is 10.9. The number of rotatable bonds is 28. The molecule has 0 spiro atoms. The van der Waals surface area contributed by atoms with E-state index in [2.05, 4.69) is 34.4 Å². The van der Waals surface area contributed by atoms with E-state index < -0.39 is 36.1 Å². The quantitative estimate of drug-likeness (QED) is 0.0229. The van der Waals surface area contributed by atoms with Gasteiger partial charge in [-0.3, -0.25) is 9.80 Å². The van der Waals surface area contributed by atoms with E-state index in [0.717, 1.165) is 59.3 Å². The highest BCUT2D eigenvalue weighted by atomic mass is 16.5. The molecule has 4 amide bonds. The van der Waals surface area contributed by atoms with Gasteiger partial charge in [0.1, 0.15) is 11.6 Å². The van der Waals surface area contributed by atoms with E-state index in [1.54, 1.807) is 40.1 Å². The number of unbranched alkanes of at least 4 members (excludes halogenated alkanes) is 8. The Morgan fingerprint density at radius 2 is 0.861 bits per heavy atom. The van der Waals surface area contributed by atoms with Crippen LogP contribution in [0.4, 0.5) is 21.2 Å². The number of carboxylic acids is 4. The minimum Gasteiger partial charge on any atom is -0.479 e. The number of nitrogens with zero attached hydrogens (tertiary/aromatic N) is 4. The first-order chi connectivity index (χ1) is 34.5. The van der Waals surface area contributed by atoms with Crippen LogP contribution in [-0.4, -0.2) is 119 Å². The number of carboxylic acid groups (broad SMARTS) is 4. The number of aromatic nitrogens is 2. The van der Waals surface area contributed by atoms with Crippen LogP contribution in [0.25, 0.3) is 22.5 Å². The van der Waals surface area contributed by atoms with Crippen molar-refractivity contribution in [3.05, 3.63) is 108 Å². The second kappa shape index (κ2) is 35.0. The number of aliphatic carboxylic acids is 4. The summed E-state index contributed by atoms with van der Waals surface area (Å²) in [6.07, 6.45) is 11.5. The van der Waals surface area contributed by atoms with Crippen molar-refractivity contribution >= 4 is 47.6 Å². The van der Waals surface area contributed by atoms with Gasteiger partial charge in [-0.2, -0.15) is 0 Å². The Morgan fingerprint density at radius 1 is 0.514 bits per heavy atom. The molecule has 6 N–H and O–H groups in total. The Balaban J connectivity index is 0.000000428. The Morgan fingerprint density at radius 3 is 1.17 bits per heavy atom. The Labute approximate surface area is 423 Å². The van der Waals surface area contributed by atoms with Crippen molar-refractivity contribution in [1.82, 2.24) is 20.6 Å². The summed E-state index contributed by atoms with van der Waals surface area (Å²) in [5.41, 5.74) is 5.02. The van der Waals surface area contributed by atoms with Crippen LogP contribution in [0.3, 0.4) is 0 Å². The fourth-order valence-corrected chi connectivity index (χ4v) is 6.87. The van der Waals surface area contributed by atoms with Gasteiger partial charge in [-0.25, -0.2) is 38.7 Å². The Bertz CT molecular complexity index is 2130. The summed E-state index contributed by atoms with van der Waals surface area (Å²) in [5.74, 6) is -3.31. The van der Waals surface area contributed by atoms with Crippen molar-refractivity contribution in [2.75, 3.05) is 50.2 Å². The van der Waals surface area contributed by atoms with Crippen molar-refractivity contribution in [3.8, 4) is 22.5 Å². The molecule has 0 saturated carbocycles. The van der Waals surface area contributed by atoms with Crippen LogP contribution < -0.4 is 20.4 Å². The van der Waals surface area contributed by atoms with E-state index in [9.17, 15) is 39.0 Å². The zero-order valence-electron chi connectivity index (χ0n) is 42.5.